The fourth-order valence-electron chi connectivity index (χ4n) is 2.27. The van der Waals surface area contributed by atoms with Crippen molar-refractivity contribution in [2.75, 3.05) is 0 Å². The van der Waals surface area contributed by atoms with Crippen LogP contribution in [0.25, 0.3) is 11.1 Å². The molecule has 0 heterocycles. The van der Waals surface area contributed by atoms with E-state index in [0.717, 1.165) is 25.7 Å². The first kappa shape index (κ1) is 14.3. The van der Waals surface area contributed by atoms with E-state index in [9.17, 15) is 0 Å². The van der Waals surface area contributed by atoms with Crippen LogP contribution in [0.5, 0.6) is 0 Å². The quantitative estimate of drug-likeness (QED) is 0.570. The summed E-state index contributed by atoms with van der Waals surface area (Å²) in [5.74, 6) is 0. The van der Waals surface area contributed by atoms with Gasteiger partial charge in [-0.1, -0.05) is 60.7 Å². The fraction of sp³-hybridized carbons (Fsp3) is 0.200. The molecule has 20 heavy (non-hydrogen) atoms. The van der Waals surface area contributed by atoms with Crippen molar-refractivity contribution >= 4 is 0 Å². The molecule has 0 saturated carbocycles. The van der Waals surface area contributed by atoms with Crippen LogP contribution >= 0.6 is 0 Å². The highest BCUT2D eigenvalue weighted by molar-refractivity contribution is 5.64. The Hall–Kier alpha value is -2.08. The van der Waals surface area contributed by atoms with Gasteiger partial charge >= 0.3 is 0 Å². The predicted octanol–water partition coefficient (Wildman–Crippen LogP) is 5.59. The molecule has 0 saturated heterocycles. The average Bonchev–Trinajstić information content (AvgIpc) is 2.52. The summed E-state index contributed by atoms with van der Waals surface area (Å²) in [5.41, 5.74) is 5.30. The van der Waals surface area contributed by atoms with E-state index in [1.807, 2.05) is 12.2 Å². The zero-order valence-corrected chi connectivity index (χ0v) is 12.0. The Bertz CT molecular complexity index is 490. The minimum Gasteiger partial charge on any atom is -0.103 e. The lowest BCUT2D eigenvalue weighted by Gasteiger charge is -2.05. The summed E-state index contributed by atoms with van der Waals surface area (Å²) >= 11 is 0. The number of allylic oxidation sites excluding steroid dienone is 2. The SMILES string of the molecule is C=CCCc1ccc(-c2ccc(CCC=C)cc2)cc1. The smallest absolute Gasteiger partial charge is 0.0184 e. The number of benzene rings is 2. The summed E-state index contributed by atoms with van der Waals surface area (Å²) in [6.45, 7) is 7.53. The highest BCUT2D eigenvalue weighted by Crippen LogP contribution is 2.21. The fourth-order valence-corrected chi connectivity index (χ4v) is 2.27. The summed E-state index contributed by atoms with van der Waals surface area (Å²) < 4.78 is 0. The van der Waals surface area contributed by atoms with Crippen molar-refractivity contribution in [2.24, 2.45) is 0 Å². The second-order valence-electron chi connectivity index (χ2n) is 5.05. The maximum Gasteiger partial charge on any atom is -0.0184 e. The van der Waals surface area contributed by atoms with Crippen LogP contribution in [0.3, 0.4) is 0 Å². The van der Waals surface area contributed by atoms with E-state index in [1.54, 1.807) is 0 Å². The summed E-state index contributed by atoms with van der Waals surface area (Å²) in [6, 6.07) is 17.7. The van der Waals surface area contributed by atoms with Gasteiger partial charge in [-0.2, -0.15) is 0 Å². The van der Waals surface area contributed by atoms with Crippen LogP contribution in [-0.4, -0.2) is 0 Å². The zero-order chi connectivity index (χ0) is 14.2. The highest BCUT2D eigenvalue weighted by Gasteiger charge is 1.99. The minimum absolute atomic E-state index is 1.04. The van der Waals surface area contributed by atoms with Gasteiger partial charge in [-0.3, -0.25) is 0 Å². The van der Waals surface area contributed by atoms with Crippen molar-refractivity contribution in [2.45, 2.75) is 25.7 Å². The van der Waals surface area contributed by atoms with Gasteiger partial charge in [-0.05, 0) is 47.9 Å². The van der Waals surface area contributed by atoms with Crippen molar-refractivity contribution in [1.29, 1.82) is 0 Å². The molecule has 0 amide bonds. The summed E-state index contributed by atoms with van der Waals surface area (Å²) in [4.78, 5) is 0. The lowest BCUT2D eigenvalue weighted by atomic mass is 10.00. The molecule has 0 aliphatic rings. The van der Waals surface area contributed by atoms with Gasteiger partial charge in [0.2, 0.25) is 0 Å². The third-order valence-electron chi connectivity index (χ3n) is 3.52. The molecule has 2 aromatic rings. The number of rotatable bonds is 7. The van der Waals surface area contributed by atoms with E-state index in [1.165, 1.54) is 22.3 Å². The Labute approximate surface area is 122 Å². The zero-order valence-electron chi connectivity index (χ0n) is 12.0. The van der Waals surface area contributed by atoms with E-state index in [4.69, 9.17) is 0 Å². The molecule has 0 nitrogen and oxygen atoms in total. The molecule has 0 fully saturated rings. The Morgan fingerprint density at radius 3 is 1.25 bits per heavy atom. The molecule has 0 aromatic heterocycles. The van der Waals surface area contributed by atoms with Crippen LogP contribution in [0.15, 0.2) is 73.8 Å². The van der Waals surface area contributed by atoms with Gasteiger partial charge in [0.15, 0.2) is 0 Å². The Morgan fingerprint density at radius 1 is 0.600 bits per heavy atom. The molecule has 0 aliphatic heterocycles. The molecule has 0 spiro atoms. The van der Waals surface area contributed by atoms with Crippen LogP contribution in [0.2, 0.25) is 0 Å². The van der Waals surface area contributed by atoms with Crippen LogP contribution in [0.4, 0.5) is 0 Å². The highest BCUT2D eigenvalue weighted by atomic mass is 14.0. The third kappa shape index (κ3) is 3.96. The van der Waals surface area contributed by atoms with E-state index >= 15 is 0 Å². The van der Waals surface area contributed by atoms with Gasteiger partial charge in [-0.25, -0.2) is 0 Å². The van der Waals surface area contributed by atoms with Crippen molar-refractivity contribution in [3.63, 3.8) is 0 Å². The summed E-state index contributed by atoms with van der Waals surface area (Å²) in [6.07, 6.45) is 8.16. The lowest BCUT2D eigenvalue weighted by Crippen LogP contribution is -1.86. The van der Waals surface area contributed by atoms with Crippen molar-refractivity contribution in [3.8, 4) is 11.1 Å². The number of hydrogen-bond donors (Lipinski definition) is 0. The van der Waals surface area contributed by atoms with Crippen LogP contribution < -0.4 is 0 Å². The molecule has 2 aromatic carbocycles. The van der Waals surface area contributed by atoms with Gasteiger partial charge in [-0.15, -0.1) is 13.2 Å². The monoisotopic (exact) mass is 262 g/mol. The first-order valence-corrected chi connectivity index (χ1v) is 7.23. The molecular formula is C20H22. The molecule has 0 bridgehead atoms. The van der Waals surface area contributed by atoms with Crippen LogP contribution in [-0.2, 0) is 12.8 Å². The molecule has 2 rings (SSSR count). The Kier molecular flexibility index (Phi) is 5.37. The second-order valence-corrected chi connectivity index (χ2v) is 5.05. The third-order valence-corrected chi connectivity index (χ3v) is 3.52. The standard InChI is InChI=1S/C20H22/c1-3-5-7-17-9-13-19(14-10-17)20-15-11-18(12-16-20)8-6-4-2/h3-4,9-16H,1-2,5-8H2. The minimum atomic E-state index is 1.04. The predicted molar refractivity (Wildman–Crippen MR) is 88.9 cm³/mol. The topological polar surface area (TPSA) is 0 Å². The molecule has 0 heteroatoms. The molecule has 0 unspecified atom stereocenters. The summed E-state index contributed by atoms with van der Waals surface area (Å²) in [7, 11) is 0. The molecule has 0 aliphatic carbocycles. The van der Waals surface area contributed by atoms with E-state index < -0.39 is 0 Å². The largest absolute Gasteiger partial charge is 0.103 e. The normalized spacial score (nSPS) is 10.2. The maximum atomic E-state index is 3.76. The molecule has 0 radical (unpaired) electrons. The Balaban J connectivity index is 2.06. The first-order chi connectivity index (χ1) is 9.83. The van der Waals surface area contributed by atoms with Gasteiger partial charge in [0.1, 0.15) is 0 Å². The van der Waals surface area contributed by atoms with Gasteiger partial charge in [0.05, 0.1) is 0 Å². The van der Waals surface area contributed by atoms with Crippen molar-refractivity contribution in [1.82, 2.24) is 0 Å². The Morgan fingerprint density at radius 2 is 0.950 bits per heavy atom. The van der Waals surface area contributed by atoms with E-state index in [0.29, 0.717) is 0 Å². The lowest BCUT2D eigenvalue weighted by molar-refractivity contribution is 1.00. The number of aryl methyl sites for hydroxylation is 2. The van der Waals surface area contributed by atoms with Gasteiger partial charge in [0, 0.05) is 0 Å². The molecule has 0 N–H and O–H groups in total. The van der Waals surface area contributed by atoms with E-state index in [-0.39, 0.29) is 0 Å². The molecule has 102 valence electrons. The number of hydrogen-bond acceptors (Lipinski definition) is 0. The van der Waals surface area contributed by atoms with Crippen LogP contribution in [0, 0.1) is 0 Å². The summed E-state index contributed by atoms with van der Waals surface area (Å²) in [5, 5.41) is 0. The first-order valence-electron chi connectivity index (χ1n) is 7.23. The van der Waals surface area contributed by atoms with Crippen LogP contribution in [0.1, 0.15) is 24.0 Å². The average molecular weight is 262 g/mol. The van der Waals surface area contributed by atoms with Crippen molar-refractivity contribution in [3.05, 3.63) is 85.0 Å². The molecule has 0 atom stereocenters. The van der Waals surface area contributed by atoms with Gasteiger partial charge < -0.3 is 0 Å². The second kappa shape index (κ2) is 7.49. The maximum absolute atomic E-state index is 3.76. The molecular weight excluding hydrogens is 240 g/mol. The van der Waals surface area contributed by atoms with E-state index in [2.05, 4.69) is 61.7 Å². The van der Waals surface area contributed by atoms with Gasteiger partial charge in [0.25, 0.3) is 0 Å². The van der Waals surface area contributed by atoms with Crippen molar-refractivity contribution < 1.29 is 0 Å².